The van der Waals surface area contributed by atoms with Crippen molar-refractivity contribution in [1.82, 2.24) is 4.90 Å². The molecule has 0 aliphatic carbocycles. The van der Waals surface area contributed by atoms with Crippen LogP contribution in [0.5, 0.6) is 0 Å². The number of aliphatic imine (C=N–C) groups is 1. The summed E-state index contributed by atoms with van der Waals surface area (Å²) < 4.78 is 0. The number of benzene rings is 2. The van der Waals surface area contributed by atoms with Crippen LogP contribution in [0.15, 0.2) is 53.5 Å². The Kier molecular flexibility index (Phi) is 4.71. The molecule has 0 saturated carbocycles. The third-order valence-corrected chi connectivity index (χ3v) is 4.31. The van der Waals surface area contributed by atoms with E-state index in [0.29, 0.717) is 5.56 Å². The van der Waals surface area contributed by atoms with Crippen molar-refractivity contribution in [2.75, 3.05) is 20.6 Å². The van der Waals surface area contributed by atoms with Crippen LogP contribution in [-0.4, -0.2) is 42.2 Å². The fraction of sp³-hybridized carbons (Fsp3) is 0.316. The normalized spacial score (nSPS) is 16.6. The molecule has 0 spiro atoms. The number of rotatable bonds is 5. The standard InChI is InChI=1S/C19H21N3O2/c1-21(2)12-11-15-13-14-7-3-4-8-16(14)19(20-15)17-9-5-6-10-18(17)22(23)24/h3-10,15H,11-13H2,1-2H3. The first-order valence-corrected chi connectivity index (χ1v) is 8.11. The van der Waals surface area contributed by atoms with Gasteiger partial charge in [0.25, 0.3) is 5.69 Å². The molecule has 5 heteroatoms. The zero-order valence-corrected chi connectivity index (χ0v) is 14.0. The van der Waals surface area contributed by atoms with Crippen LogP contribution in [0.3, 0.4) is 0 Å². The van der Waals surface area contributed by atoms with E-state index in [1.54, 1.807) is 18.2 Å². The third kappa shape index (κ3) is 3.36. The summed E-state index contributed by atoms with van der Waals surface area (Å²) in [4.78, 5) is 18.1. The molecule has 124 valence electrons. The zero-order valence-electron chi connectivity index (χ0n) is 14.0. The molecule has 24 heavy (non-hydrogen) atoms. The molecule has 1 aliphatic rings. The Bertz CT molecular complexity index is 784. The first kappa shape index (κ1) is 16.3. The smallest absolute Gasteiger partial charge is 0.278 e. The number of nitro benzene ring substituents is 1. The third-order valence-electron chi connectivity index (χ3n) is 4.31. The van der Waals surface area contributed by atoms with Crippen molar-refractivity contribution in [3.8, 4) is 0 Å². The topological polar surface area (TPSA) is 58.7 Å². The van der Waals surface area contributed by atoms with E-state index in [-0.39, 0.29) is 16.7 Å². The molecule has 5 nitrogen and oxygen atoms in total. The van der Waals surface area contributed by atoms with Crippen LogP contribution >= 0.6 is 0 Å². The van der Waals surface area contributed by atoms with Crippen LogP contribution < -0.4 is 0 Å². The Morgan fingerprint density at radius 2 is 1.79 bits per heavy atom. The summed E-state index contributed by atoms with van der Waals surface area (Å²) >= 11 is 0. The van der Waals surface area contributed by atoms with Gasteiger partial charge in [0.05, 0.1) is 22.2 Å². The number of fused-ring (bicyclic) bond motifs is 1. The fourth-order valence-electron chi connectivity index (χ4n) is 3.10. The highest BCUT2D eigenvalue weighted by Crippen LogP contribution is 2.29. The molecule has 3 rings (SSSR count). The molecule has 1 unspecified atom stereocenters. The second-order valence-electron chi connectivity index (χ2n) is 6.36. The zero-order chi connectivity index (χ0) is 17.1. The van der Waals surface area contributed by atoms with E-state index in [0.717, 1.165) is 30.7 Å². The van der Waals surface area contributed by atoms with Gasteiger partial charge in [-0.05, 0) is 45.1 Å². The maximum absolute atomic E-state index is 11.4. The molecule has 0 saturated heterocycles. The highest BCUT2D eigenvalue weighted by atomic mass is 16.6. The van der Waals surface area contributed by atoms with Crippen molar-refractivity contribution in [2.24, 2.45) is 4.99 Å². The Hall–Kier alpha value is -2.53. The molecule has 2 aromatic carbocycles. The van der Waals surface area contributed by atoms with Crippen LogP contribution in [0.2, 0.25) is 0 Å². The van der Waals surface area contributed by atoms with Gasteiger partial charge in [-0.2, -0.15) is 0 Å². The maximum atomic E-state index is 11.4. The maximum Gasteiger partial charge on any atom is 0.278 e. The average molecular weight is 323 g/mol. The lowest BCUT2D eigenvalue weighted by Crippen LogP contribution is -2.26. The first-order chi connectivity index (χ1) is 11.6. The number of hydrogen-bond acceptors (Lipinski definition) is 4. The van der Waals surface area contributed by atoms with E-state index < -0.39 is 0 Å². The molecule has 1 atom stereocenters. The first-order valence-electron chi connectivity index (χ1n) is 8.11. The minimum absolute atomic E-state index is 0.110. The van der Waals surface area contributed by atoms with Gasteiger partial charge in [0, 0.05) is 11.6 Å². The Labute approximate surface area is 141 Å². The quantitative estimate of drug-likeness (QED) is 0.626. The molecule has 1 heterocycles. The van der Waals surface area contributed by atoms with Gasteiger partial charge in [0.2, 0.25) is 0 Å². The molecule has 0 aromatic heterocycles. The lowest BCUT2D eigenvalue weighted by molar-refractivity contribution is -0.385. The van der Waals surface area contributed by atoms with Crippen LogP contribution in [0.4, 0.5) is 5.69 Å². The molecule has 0 N–H and O–H groups in total. The lowest BCUT2D eigenvalue weighted by Gasteiger charge is -2.24. The Balaban J connectivity index is 2.07. The average Bonchev–Trinajstić information content (AvgIpc) is 2.59. The highest BCUT2D eigenvalue weighted by Gasteiger charge is 2.26. The van der Waals surface area contributed by atoms with Crippen molar-refractivity contribution in [1.29, 1.82) is 0 Å². The van der Waals surface area contributed by atoms with Gasteiger partial charge >= 0.3 is 0 Å². The van der Waals surface area contributed by atoms with Gasteiger partial charge in [-0.1, -0.05) is 36.4 Å². The van der Waals surface area contributed by atoms with Crippen molar-refractivity contribution < 1.29 is 4.92 Å². The molecule has 2 aromatic rings. The summed E-state index contributed by atoms with van der Waals surface area (Å²) in [6.07, 6.45) is 1.82. The molecular weight excluding hydrogens is 302 g/mol. The van der Waals surface area contributed by atoms with E-state index in [2.05, 4.69) is 11.0 Å². The second kappa shape index (κ2) is 6.93. The van der Waals surface area contributed by atoms with Crippen LogP contribution in [0.1, 0.15) is 23.1 Å². The Morgan fingerprint density at radius 1 is 1.12 bits per heavy atom. The van der Waals surface area contributed by atoms with E-state index in [1.165, 1.54) is 5.56 Å². The molecule has 1 aliphatic heterocycles. The van der Waals surface area contributed by atoms with Gasteiger partial charge in [-0.15, -0.1) is 0 Å². The fourth-order valence-corrected chi connectivity index (χ4v) is 3.10. The summed E-state index contributed by atoms with van der Waals surface area (Å²) in [6.45, 7) is 0.945. The van der Waals surface area contributed by atoms with E-state index in [1.807, 2.05) is 38.4 Å². The molecule has 0 amide bonds. The minimum atomic E-state index is -0.329. The van der Waals surface area contributed by atoms with E-state index in [9.17, 15) is 10.1 Å². The summed E-state index contributed by atoms with van der Waals surface area (Å²) in [5.41, 5.74) is 3.68. The van der Waals surface area contributed by atoms with Gasteiger partial charge in [-0.25, -0.2) is 0 Å². The summed E-state index contributed by atoms with van der Waals surface area (Å²) in [6, 6.07) is 15.1. The predicted octanol–water partition coefficient (Wildman–Crippen LogP) is 3.31. The monoisotopic (exact) mass is 323 g/mol. The molecule has 0 radical (unpaired) electrons. The summed E-state index contributed by atoms with van der Waals surface area (Å²) in [7, 11) is 4.09. The van der Waals surface area contributed by atoms with Gasteiger partial charge in [0.1, 0.15) is 0 Å². The minimum Gasteiger partial charge on any atom is -0.309 e. The number of hydrogen-bond donors (Lipinski definition) is 0. The van der Waals surface area contributed by atoms with Crippen LogP contribution in [-0.2, 0) is 6.42 Å². The summed E-state index contributed by atoms with van der Waals surface area (Å²) in [5, 5.41) is 11.4. The number of nitro groups is 1. The number of para-hydroxylation sites is 1. The van der Waals surface area contributed by atoms with Crippen LogP contribution in [0.25, 0.3) is 0 Å². The van der Waals surface area contributed by atoms with Gasteiger partial charge in [0.15, 0.2) is 0 Å². The van der Waals surface area contributed by atoms with Gasteiger partial charge in [-0.3, -0.25) is 15.1 Å². The molecule has 0 fully saturated rings. The van der Waals surface area contributed by atoms with Crippen LogP contribution in [0, 0.1) is 10.1 Å². The van der Waals surface area contributed by atoms with Crippen molar-refractivity contribution in [2.45, 2.75) is 18.9 Å². The van der Waals surface area contributed by atoms with E-state index >= 15 is 0 Å². The Morgan fingerprint density at radius 3 is 2.50 bits per heavy atom. The van der Waals surface area contributed by atoms with Crippen molar-refractivity contribution >= 4 is 11.4 Å². The molecule has 0 bridgehead atoms. The summed E-state index contributed by atoms with van der Waals surface area (Å²) in [5.74, 6) is 0. The van der Waals surface area contributed by atoms with Gasteiger partial charge < -0.3 is 4.90 Å². The lowest BCUT2D eigenvalue weighted by atomic mass is 9.89. The molecular formula is C19H21N3O2. The SMILES string of the molecule is CN(C)CCC1Cc2ccccc2C(c2ccccc2[N+](=O)[O-])=N1. The number of nitrogens with zero attached hydrogens (tertiary/aromatic N) is 3. The van der Waals surface area contributed by atoms with Crippen molar-refractivity contribution in [3.63, 3.8) is 0 Å². The van der Waals surface area contributed by atoms with Crippen molar-refractivity contribution in [3.05, 3.63) is 75.3 Å². The largest absolute Gasteiger partial charge is 0.309 e. The highest BCUT2D eigenvalue weighted by molar-refractivity contribution is 6.16. The predicted molar refractivity (Wildman–Crippen MR) is 95.8 cm³/mol. The van der Waals surface area contributed by atoms with E-state index in [4.69, 9.17) is 4.99 Å². The second-order valence-corrected chi connectivity index (χ2v) is 6.36.